The molecule has 34 heavy (non-hydrogen) atoms. The summed E-state index contributed by atoms with van der Waals surface area (Å²) < 4.78 is 83.6. The highest BCUT2D eigenvalue weighted by molar-refractivity contribution is 6.04. The van der Waals surface area contributed by atoms with Crippen molar-refractivity contribution in [3.05, 3.63) is 65.0 Å². The quantitative estimate of drug-likeness (QED) is 0.425. The fraction of sp³-hybridized carbons (Fsp3) is 0.238. The Balaban J connectivity index is 1.86. The van der Waals surface area contributed by atoms with Crippen molar-refractivity contribution in [2.24, 2.45) is 7.05 Å². The molecule has 0 aliphatic rings. The summed E-state index contributed by atoms with van der Waals surface area (Å²) in [6.45, 7) is 3.31. The second kappa shape index (κ2) is 7.85. The lowest BCUT2D eigenvalue weighted by Crippen LogP contribution is -2.36. The number of benzene rings is 1. The van der Waals surface area contributed by atoms with E-state index in [0.29, 0.717) is 23.1 Å². The van der Waals surface area contributed by atoms with Crippen molar-refractivity contribution in [1.82, 2.24) is 24.4 Å². The minimum atomic E-state index is -5.94. The summed E-state index contributed by atoms with van der Waals surface area (Å²) in [5.74, 6) is -6.80. The maximum Gasteiger partial charge on any atom is 0.459 e. The highest BCUT2D eigenvalue weighted by Crippen LogP contribution is 2.44. The molecule has 0 aliphatic carbocycles. The molecule has 1 N–H and O–H groups in total. The van der Waals surface area contributed by atoms with Gasteiger partial charge in [0.2, 0.25) is 0 Å². The number of nitrogens with one attached hydrogen (secondary N) is 1. The molecule has 0 bridgehead atoms. The summed E-state index contributed by atoms with van der Waals surface area (Å²) >= 11 is 0. The van der Waals surface area contributed by atoms with Gasteiger partial charge in [0.15, 0.2) is 11.3 Å². The molecule has 1 amide bonds. The molecule has 7 nitrogen and oxygen atoms in total. The number of fused-ring (bicyclic) bond motifs is 1. The van der Waals surface area contributed by atoms with Gasteiger partial charge in [0.25, 0.3) is 5.91 Å². The third-order valence-corrected chi connectivity index (χ3v) is 5.23. The maximum absolute atomic E-state index is 14.4. The summed E-state index contributed by atoms with van der Waals surface area (Å²) in [6.07, 6.45) is -5.94. The highest BCUT2D eigenvalue weighted by Gasteiger charge is 2.60. The van der Waals surface area contributed by atoms with Crippen molar-refractivity contribution in [2.75, 3.05) is 5.32 Å². The Hall–Kier alpha value is -3.90. The van der Waals surface area contributed by atoms with E-state index in [4.69, 9.17) is 0 Å². The lowest BCUT2D eigenvalue weighted by Gasteiger charge is -2.21. The van der Waals surface area contributed by atoms with Crippen LogP contribution in [0.25, 0.3) is 16.9 Å². The van der Waals surface area contributed by atoms with Gasteiger partial charge in [-0.25, -0.2) is 13.9 Å². The predicted molar refractivity (Wildman–Crippen MR) is 109 cm³/mol. The topological polar surface area (TPSA) is 77.1 Å². The maximum atomic E-state index is 14.4. The number of nitrogens with zero attached hydrogens (tertiary/aromatic N) is 5. The Labute approximate surface area is 188 Å². The van der Waals surface area contributed by atoms with E-state index in [1.165, 1.54) is 16.8 Å². The first kappa shape index (κ1) is 23.3. The van der Waals surface area contributed by atoms with Crippen molar-refractivity contribution >= 4 is 17.2 Å². The fourth-order valence-electron chi connectivity index (χ4n) is 3.35. The number of alkyl halides is 5. The zero-order chi connectivity index (χ0) is 25.0. The second-order valence-corrected chi connectivity index (χ2v) is 7.53. The van der Waals surface area contributed by atoms with Crippen molar-refractivity contribution in [3.8, 4) is 11.3 Å². The molecule has 0 saturated heterocycles. The second-order valence-electron chi connectivity index (χ2n) is 7.53. The molecule has 4 rings (SSSR count). The lowest BCUT2D eigenvalue weighted by molar-refractivity contribution is -0.291. The lowest BCUT2D eigenvalue weighted by atomic mass is 10.1. The third-order valence-electron chi connectivity index (χ3n) is 5.23. The van der Waals surface area contributed by atoms with Crippen LogP contribution in [0.15, 0.2) is 36.4 Å². The molecule has 3 heterocycles. The number of halogens is 6. The number of carbonyl (C=O) groups excluding carboxylic acids is 1. The van der Waals surface area contributed by atoms with Gasteiger partial charge in [0.1, 0.15) is 11.5 Å². The number of rotatable bonds is 4. The van der Waals surface area contributed by atoms with E-state index in [9.17, 15) is 31.1 Å². The van der Waals surface area contributed by atoms with Gasteiger partial charge < -0.3 is 5.32 Å². The van der Waals surface area contributed by atoms with E-state index in [2.05, 4.69) is 20.5 Å². The molecule has 0 radical (unpaired) electrons. The van der Waals surface area contributed by atoms with Crippen LogP contribution in [0.5, 0.6) is 0 Å². The van der Waals surface area contributed by atoms with Crippen LogP contribution in [0.4, 0.5) is 32.0 Å². The summed E-state index contributed by atoms with van der Waals surface area (Å²) in [5, 5.41) is 10.4. The van der Waals surface area contributed by atoms with Crippen LogP contribution in [0.3, 0.4) is 0 Å². The molecule has 4 aromatic rings. The predicted octanol–water partition coefficient (Wildman–Crippen LogP) is 4.79. The van der Waals surface area contributed by atoms with E-state index in [1.54, 1.807) is 20.9 Å². The van der Waals surface area contributed by atoms with Gasteiger partial charge in [-0.1, -0.05) is 0 Å². The minimum absolute atomic E-state index is 0.0944. The Morgan fingerprint density at radius 2 is 1.65 bits per heavy atom. The van der Waals surface area contributed by atoms with Gasteiger partial charge in [0.05, 0.1) is 22.8 Å². The smallest absolute Gasteiger partial charge is 0.317 e. The fourth-order valence-corrected chi connectivity index (χ4v) is 3.35. The number of aryl methyl sites for hydroxylation is 2. The Kier molecular flexibility index (Phi) is 5.37. The normalized spacial score (nSPS) is 12.4. The van der Waals surface area contributed by atoms with E-state index in [1.807, 2.05) is 0 Å². The molecular weight excluding hydrogens is 466 g/mol. The van der Waals surface area contributed by atoms with Crippen molar-refractivity contribution in [3.63, 3.8) is 0 Å². The van der Waals surface area contributed by atoms with Gasteiger partial charge in [-0.15, -0.1) is 0 Å². The molecule has 13 heteroatoms. The zero-order valence-corrected chi connectivity index (χ0v) is 17.9. The molecule has 0 saturated carbocycles. The van der Waals surface area contributed by atoms with Gasteiger partial charge in [-0.05, 0) is 44.2 Å². The van der Waals surface area contributed by atoms with E-state index in [0.717, 1.165) is 18.2 Å². The van der Waals surface area contributed by atoms with Crippen LogP contribution in [0.1, 0.15) is 27.6 Å². The van der Waals surface area contributed by atoms with Crippen LogP contribution < -0.4 is 5.32 Å². The number of amides is 1. The van der Waals surface area contributed by atoms with Crippen LogP contribution in [0.2, 0.25) is 0 Å². The van der Waals surface area contributed by atoms with Crippen LogP contribution in [-0.2, 0) is 13.0 Å². The van der Waals surface area contributed by atoms with Crippen LogP contribution in [0, 0.1) is 19.7 Å². The molecule has 0 fully saturated rings. The first-order chi connectivity index (χ1) is 15.8. The first-order valence-corrected chi connectivity index (χ1v) is 9.73. The minimum Gasteiger partial charge on any atom is -0.317 e. The molecular formula is C21H16F6N6O. The van der Waals surface area contributed by atoms with Crippen molar-refractivity contribution in [1.29, 1.82) is 0 Å². The largest absolute Gasteiger partial charge is 0.459 e. The molecule has 0 spiro atoms. The monoisotopic (exact) mass is 482 g/mol. The number of carbonyl (C=O) groups is 1. The average Bonchev–Trinajstić information content (AvgIpc) is 3.29. The van der Waals surface area contributed by atoms with Crippen LogP contribution >= 0.6 is 0 Å². The highest BCUT2D eigenvalue weighted by atomic mass is 19.4. The summed E-state index contributed by atoms with van der Waals surface area (Å²) in [5.41, 5.74) is -1.18. The number of anilines is 1. The van der Waals surface area contributed by atoms with E-state index >= 15 is 0 Å². The Morgan fingerprint density at radius 3 is 2.21 bits per heavy atom. The van der Waals surface area contributed by atoms with Crippen molar-refractivity contribution < 1.29 is 31.1 Å². The van der Waals surface area contributed by atoms with Crippen LogP contribution in [-0.4, -0.2) is 36.5 Å². The van der Waals surface area contributed by atoms with Gasteiger partial charge in [-0.3, -0.25) is 9.48 Å². The third kappa shape index (κ3) is 3.86. The SMILES string of the molecule is Cc1nn(C)c(C)c1NC(=O)c1cc2nc(-c3ccc(F)cc3)cc(C(F)(F)C(F)(F)F)n2n1. The number of hydrogen-bond acceptors (Lipinski definition) is 4. The van der Waals surface area contributed by atoms with Gasteiger partial charge in [-0.2, -0.15) is 32.1 Å². The molecule has 0 unspecified atom stereocenters. The Bertz CT molecular complexity index is 1400. The molecule has 0 aliphatic heterocycles. The van der Waals surface area contributed by atoms with E-state index in [-0.39, 0.29) is 15.8 Å². The number of aromatic nitrogens is 5. The summed E-state index contributed by atoms with van der Waals surface area (Å²) in [4.78, 5) is 16.8. The molecule has 0 atom stereocenters. The first-order valence-electron chi connectivity index (χ1n) is 9.73. The van der Waals surface area contributed by atoms with Gasteiger partial charge in [0, 0.05) is 18.7 Å². The number of hydrogen-bond donors (Lipinski definition) is 1. The average molecular weight is 482 g/mol. The van der Waals surface area contributed by atoms with Crippen molar-refractivity contribution in [2.45, 2.75) is 25.9 Å². The standard InChI is InChI=1S/C21H16F6N6O/c1-10-18(11(2)32(3)30-10)29-19(34)15-9-17-28-14(12-4-6-13(22)7-5-12)8-16(33(17)31-15)20(23,24)21(25,26)27/h4-9H,1-3H3,(H,29,34). The molecule has 178 valence electrons. The summed E-state index contributed by atoms with van der Waals surface area (Å²) in [7, 11) is 1.65. The molecule has 1 aromatic carbocycles. The zero-order valence-electron chi connectivity index (χ0n) is 17.9. The van der Waals surface area contributed by atoms with E-state index < -0.39 is 40.9 Å². The van der Waals surface area contributed by atoms with Gasteiger partial charge >= 0.3 is 12.1 Å². The summed E-state index contributed by atoms with van der Waals surface area (Å²) in [6, 6.07) is 5.88. The molecule has 3 aromatic heterocycles. The Morgan fingerprint density at radius 1 is 1.00 bits per heavy atom.